The molecule has 2 aromatic heterocycles. The molecule has 0 aliphatic rings. The number of nitrogens with one attached hydrogen (secondary N) is 2. The SMILES string of the molecule is CCn1cnc2c(NCc3cccc(N)c3N)nc(NCC(C)O)nc21. The Balaban J connectivity index is 1.92. The standard InChI is InChI=1S/C17H24N8O/c1-3-25-9-22-14-15(20-8-11-5-4-6-12(18)13(11)19)23-17(24-16(14)25)21-7-10(2)26/h4-6,9-10,26H,3,7-8,18-19H2,1-2H3,(H2,20,21,23,24). The minimum absolute atomic E-state index is 0.355. The first-order chi connectivity index (χ1) is 12.5. The molecule has 0 radical (unpaired) electrons. The molecule has 0 aliphatic carbocycles. The quantitative estimate of drug-likeness (QED) is 0.400. The van der Waals surface area contributed by atoms with E-state index in [1.54, 1.807) is 19.3 Å². The van der Waals surface area contributed by atoms with Gasteiger partial charge in [-0.05, 0) is 25.5 Å². The van der Waals surface area contributed by atoms with E-state index in [2.05, 4.69) is 25.6 Å². The van der Waals surface area contributed by atoms with Crippen molar-refractivity contribution in [1.82, 2.24) is 19.5 Å². The zero-order valence-electron chi connectivity index (χ0n) is 14.9. The van der Waals surface area contributed by atoms with Gasteiger partial charge in [-0.25, -0.2) is 4.98 Å². The number of para-hydroxylation sites is 1. The molecule has 1 unspecified atom stereocenters. The molecule has 0 saturated carbocycles. The number of anilines is 4. The van der Waals surface area contributed by atoms with E-state index in [0.717, 1.165) is 17.8 Å². The van der Waals surface area contributed by atoms with Crippen molar-refractivity contribution in [2.75, 3.05) is 28.6 Å². The number of hydrogen-bond acceptors (Lipinski definition) is 8. The minimum Gasteiger partial charge on any atom is -0.397 e. The van der Waals surface area contributed by atoms with Gasteiger partial charge in [-0.2, -0.15) is 9.97 Å². The number of aromatic nitrogens is 4. The number of imidazole rings is 1. The molecule has 3 rings (SSSR count). The van der Waals surface area contributed by atoms with E-state index in [1.165, 1.54) is 0 Å². The number of benzene rings is 1. The van der Waals surface area contributed by atoms with Crippen LogP contribution in [0.4, 0.5) is 23.1 Å². The number of hydrogen-bond donors (Lipinski definition) is 5. The van der Waals surface area contributed by atoms with Gasteiger partial charge in [0.25, 0.3) is 0 Å². The van der Waals surface area contributed by atoms with Crippen LogP contribution in [0.1, 0.15) is 19.4 Å². The molecular weight excluding hydrogens is 332 g/mol. The number of nitrogen functional groups attached to an aromatic ring is 2. The van der Waals surface area contributed by atoms with Crippen molar-refractivity contribution >= 4 is 34.3 Å². The van der Waals surface area contributed by atoms with Gasteiger partial charge in [-0.15, -0.1) is 0 Å². The lowest BCUT2D eigenvalue weighted by Gasteiger charge is -2.12. The molecule has 138 valence electrons. The van der Waals surface area contributed by atoms with Gasteiger partial charge in [0.05, 0.1) is 23.8 Å². The molecule has 0 saturated heterocycles. The first-order valence-electron chi connectivity index (χ1n) is 8.51. The van der Waals surface area contributed by atoms with Gasteiger partial charge in [0.15, 0.2) is 17.0 Å². The van der Waals surface area contributed by atoms with E-state index >= 15 is 0 Å². The van der Waals surface area contributed by atoms with Crippen molar-refractivity contribution < 1.29 is 5.11 Å². The Kier molecular flexibility index (Phi) is 5.08. The molecule has 1 atom stereocenters. The Morgan fingerprint density at radius 3 is 2.77 bits per heavy atom. The van der Waals surface area contributed by atoms with E-state index in [1.807, 2.05) is 23.6 Å². The van der Waals surface area contributed by atoms with Crippen LogP contribution in [0.2, 0.25) is 0 Å². The zero-order valence-corrected chi connectivity index (χ0v) is 14.9. The largest absolute Gasteiger partial charge is 0.397 e. The molecule has 2 heterocycles. The van der Waals surface area contributed by atoms with Crippen LogP contribution >= 0.6 is 0 Å². The minimum atomic E-state index is -0.506. The Hall–Kier alpha value is -3.07. The van der Waals surface area contributed by atoms with Crippen LogP contribution in [0.3, 0.4) is 0 Å². The summed E-state index contributed by atoms with van der Waals surface area (Å²) < 4.78 is 1.94. The summed E-state index contributed by atoms with van der Waals surface area (Å²) in [7, 11) is 0. The van der Waals surface area contributed by atoms with Crippen molar-refractivity contribution in [3.8, 4) is 0 Å². The van der Waals surface area contributed by atoms with Gasteiger partial charge < -0.3 is 31.8 Å². The summed E-state index contributed by atoms with van der Waals surface area (Å²) in [5.41, 5.74) is 15.3. The molecule has 0 fully saturated rings. The van der Waals surface area contributed by atoms with E-state index in [9.17, 15) is 5.11 Å². The molecular formula is C17H24N8O. The van der Waals surface area contributed by atoms with Gasteiger partial charge in [-0.3, -0.25) is 0 Å². The second kappa shape index (κ2) is 7.44. The molecule has 3 aromatic rings. The highest BCUT2D eigenvalue weighted by atomic mass is 16.3. The number of nitrogens with zero attached hydrogens (tertiary/aromatic N) is 4. The average molecular weight is 356 g/mol. The summed E-state index contributed by atoms with van der Waals surface area (Å²) in [5.74, 6) is 1.02. The molecule has 9 nitrogen and oxygen atoms in total. The first-order valence-corrected chi connectivity index (χ1v) is 8.51. The van der Waals surface area contributed by atoms with E-state index < -0.39 is 6.10 Å². The second-order valence-electron chi connectivity index (χ2n) is 6.10. The third-order valence-corrected chi connectivity index (χ3v) is 4.04. The fourth-order valence-corrected chi connectivity index (χ4v) is 2.58. The van der Waals surface area contributed by atoms with Gasteiger partial charge in [-0.1, -0.05) is 12.1 Å². The molecule has 26 heavy (non-hydrogen) atoms. The van der Waals surface area contributed by atoms with Crippen LogP contribution in [-0.4, -0.2) is 37.3 Å². The third kappa shape index (κ3) is 3.62. The Morgan fingerprint density at radius 2 is 2.04 bits per heavy atom. The highest BCUT2D eigenvalue weighted by Gasteiger charge is 2.14. The Morgan fingerprint density at radius 1 is 1.23 bits per heavy atom. The van der Waals surface area contributed by atoms with Crippen LogP contribution in [0.5, 0.6) is 0 Å². The molecule has 1 aromatic carbocycles. The summed E-state index contributed by atoms with van der Waals surface area (Å²) in [4.78, 5) is 13.4. The molecule has 0 aliphatic heterocycles. The number of fused-ring (bicyclic) bond motifs is 1. The van der Waals surface area contributed by atoms with Crippen LogP contribution in [-0.2, 0) is 13.1 Å². The van der Waals surface area contributed by atoms with Crippen molar-refractivity contribution in [2.45, 2.75) is 33.0 Å². The maximum atomic E-state index is 9.49. The normalized spacial score (nSPS) is 12.3. The first kappa shape index (κ1) is 17.7. The lowest BCUT2D eigenvalue weighted by molar-refractivity contribution is 0.208. The highest BCUT2D eigenvalue weighted by Crippen LogP contribution is 2.24. The lowest BCUT2D eigenvalue weighted by atomic mass is 10.1. The fraction of sp³-hybridized carbons (Fsp3) is 0.353. The molecule has 0 bridgehead atoms. The van der Waals surface area contributed by atoms with Crippen molar-refractivity contribution in [3.05, 3.63) is 30.1 Å². The average Bonchev–Trinajstić information content (AvgIpc) is 3.04. The molecule has 9 heteroatoms. The van der Waals surface area contributed by atoms with Crippen molar-refractivity contribution in [1.29, 1.82) is 0 Å². The molecule has 7 N–H and O–H groups in total. The predicted molar refractivity (Wildman–Crippen MR) is 104 cm³/mol. The predicted octanol–water partition coefficient (Wildman–Crippen LogP) is 1.42. The van der Waals surface area contributed by atoms with Gasteiger partial charge in [0.1, 0.15) is 0 Å². The fourth-order valence-electron chi connectivity index (χ4n) is 2.58. The van der Waals surface area contributed by atoms with Crippen LogP contribution < -0.4 is 22.1 Å². The van der Waals surface area contributed by atoms with Crippen LogP contribution in [0.15, 0.2) is 24.5 Å². The topological polar surface area (TPSA) is 140 Å². The number of aryl methyl sites for hydroxylation is 1. The smallest absolute Gasteiger partial charge is 0.226 e. The van der Waals surface area contributed by atoms with Crippen LogP contribution in [0, 0.1) is 0 Å². The summed E-state index contributed by atoms with van der Waals surface area (Å²) in [6.07, 6.45) is 1.23. The van der Waals surface area contributed by atoms with Gasteiger partial charge in [0, 0.05) is 19.6 Å². The maximum Gasteiger partial charge on any atom is 0.226 e. The second-order valence-corrected chi connectivity index (χ2v) is 6.10. The number of aliphatic hydroxyl groups excluding tert-OH is 1. The summed E-state index contributed by atoms with van der Waals surface area (Å²) in [6.45, 7) is 5.27. The Bertz CT molecular complexity index is 905. The molecule has 0 amide bonds. The third-order valence-electron chi connectivity index (χ3n) is 4.04. The van der Waals surface area contributed by atoms with E-state index in [0.29, 0.717) is 41.7 Å². The number of aliphatic hydroxyl groups is 1. The van der Waals surface area contributed by atoms with Crippen LogP contribution in [0.25, 0.3) is 11.2 Å². The van der Waals surface area contributed by atoms with Crippen molar-refractivity contribution in [2.24, 2.45) is 0 Å². The van der Waals surface area contributed by atoms with Crippen molar-refractivity contribution in [3.63, 3.8) is 0 Å². The molecule has 0 spiro atoms. The number of rotatable bonds is 7. The number of nitrogens with two attached hydrogens (primary N) is 2. The maximum absolute atomic E-state index is 9.49. The van der Waals surface area contributed by atoms with Gasteiger partial charge in [0.2, 0.25) is 5.95 Å². The van der Waals surface area contributed by atoms with Gasteiger partial charge >= 0.3 is 0 Å². The Labute approximate surface area is 151 Å². The summed E-state index contributed by atoms with van der Waals surface area (Å²) in [5, 5.41) is 15.8. The van der Waals surface area contributed by atoms with E-state index in [4.69, 9.17) is 11.5 Å². The summed E-state index contributed by atoms with van der Waals surface area (Å²) in [6, 6.07) is 5.54. The lowest BCUT2D eigenvalue weighted by Crippen LogP contribution is -2.17. The zero-order chi connectivity index (χ0) is 18.7. The summed E-state index contributed by atoms with van der Waals surface area (Å²) >= 11 is 0. The highest BCUT2D eigenvalue weighted by molar-refractivity contribution is 5.84. The monoisotopic (exact) mass is 356 g/mol. The van der Waals surface area contributed by atoms with E-state index in [-0.39, 0.29) is 0 Å².